The lowest BCUT2D eigenvalue weighted by Crippen LogP contribution is -2.50. The molecule has 3 atom stereocenters. The van der Waals surface area contributed by atoms with Gasteiger partial charge < -0.3 is 15.6 Å². The monoisotopic (exact) mass is 290 g/mol. The van der Waals surface area contributed by atoms with Crippen LogP contribution in [-0.4, -0.2) is 35.1 Å². The van der Waals surface area contributed by atoms with Crippen molar-refractivity contribution in [2.45, 2.75) is 69.9 Å². The lowest BCUT2D eigenvalue weighted by molar-refractivity contribution is 0.182. The van der Waals surface area contributed by atoms with Gasteiger partial charge in [-0.15, -0.1) is 0 Å². The molecule has 4 nitrogen and oxygen atoms in total. The number of nitrogens with one attached hydrogen (secondary N) is 3. The molecule has 0 spiro atoms. The van der Waals surface area contributed by atoms with Gasteiger partial charge in [-0.2, -0.15) is 0 Å². The first-order valence-corrected chi connectivity index (χ1v) is 8.88. The highest BCUT2D eigenvalue weighted by molar-refractivity contribution is 4.91. The number of H-pyrrole nitrogens is 1. The van der Waals surface area contributed by atoms with Crippen LogP contribution in [0.2, 0.25) is 0 Å². The highest BCUT2D eigenvalue weighted by atomic mass is 15.0. The van der Waals surface area contributed by atoms with Crippen molar-refractivity contribution in [2.75, 3.05) is 13.1 Å². The Bertz CT molecular complexity index is 384. The Morgan fingerprint density at radius 3 is 2.86 bits per heavy atom. The second kappa shape index (κ2) is 7.95. The quantitative estimate of drug-likeness (QED) is 0.706. The number of nitrogens with zero attached hydrogens (tertiary/aromatic N) is 1. The second-order valence-corrected chi connectivity index (χ2v) is 6.70. The van der Waals surface area contributed by atoms with Crippen molar-refractivity contribution in [3.05, 3.63) is 18.2 Å². The Morgan fingerprint density at radius 1 is 1.14 bits per heavy atom. The Kier molecular flexibility index (Phi) is 5.69. The van der Waals surface area contributed by atoms with Crippen LogP contribution in [0.3, 0.4) is 0 Å². The summed E-state index contributed by atoms with van der Waals surface area (Å²) in [7, 11) is 0. The predicted octanol–water partition coefficient (Wildman–Crippen LogP) is 2.63. The molecule has 1 saturated carbocycles. The summed E-state index contributed by atoms with van der Waals surface area (Å²) in [6, 6.07) is 1.49. The summed E-state index contributed by atoms with van der Waals surface area (Å²) in [5.41, 5.74) is 0. The fraction of sp³-hybridized carbons (Fsp3) is 0.824. The van der Waals surface area contributed by atoms with Gasteiger partial charge >= 0.3 is 0 Å². The van der Waals surface area contributed by atoms with Crippen LogP contribution in [0.15, 0.2) is 12.4 Å². The largest absolute Gasteiger partial charge is 0.349 e. The first-order valence-electron chi connectivity index (χ1n) is 8.88. The average molecular weight is 290 g/mol. The van der Waals surface area contributed by atoms with E-state index in [9.17, 15) is 0 Å². The zero-order chi connectivity index (χ0) is 14.3. The Labute approximate surface area is 128 Å². The Morgan fingerprint density at radius 2 is 2.05 bits per heavy atom. The van der Waals surface area contributed by atoms with Gasteiger partial charge in [0.25, 0.3) is 0 Å². The highest BCUT2D eigenvalue weighted by Gasteiger charge is 2.31. The summed E-state index contributed by atoms with van der Waals surface area (Å²) in [5.74, 6) is 1.97. The van der Waals surface area contributed by atoms with E-state index in [-0.39, 0.29) is 0 Å². The Balaban J connectivity index is 1.43. The number of aryl methyl sites for hydroxylation is 1. The van der Waals surface area contributed by atoms with E-state index in [1.54, 1.807) is 0 Å². The average Bonchev–Trinajstić information content (AvgIpc) is 3.06. The molecule has 0 bridgehead atoms. The fourth-order valence-corrected chi connectivity index (χ4v) is 4.12. The van der Waals surface area contributed by atoms with E-state index >= 15 is 0 Å². The third-order valence-electron chi connectivity index (χ3n) is 5.24. The van der Waals surface area contributed by atoms with Crippen molar-refractivity contribution in [1.29, 1.82) is 0 Å². The summed E-state index contributed by atoms with van der Waals surface area (Å²) >= 11 is 0. The summed E-state index contributed by atoms with van der Waals surface area (Å²) in [5, 5.41) is 7.63. The van der Waals surface area contributed by atoms with Crippen molar-refractivity contribution in [3.63, 3.8) is 0 Å². The number of hydrogen-bond donors (Lipinski definition) is 3. The van der Waals surface area contributed by atoms with Crippen LogP contribution in [0, 0.1) is 5.92 Å². The normalized spacial score (nSPS) is 30.4. The number of aromatic amines is 1. The van der Waals surface area contributed by atoms with Crippen LogP contribution in [-0.2, 0) is 6.42 Å². The van der Waals surface area contributed by atoms with Crippen molar-refractivity contribution in [3.8, 4) is 0 Å². The van der Waals surface area contributed by atoms with E-state index in [0.717, 1.165) is 36.8 Å². The molecule has 0 radical (unpaired) electrons. The second-order valence-electron chi connectivity index (χ2n) is 6.70. The summed E-state index contributed by atoms with van der Waals surface area (Å²) < 4.78 is 0. The van der Waals surface area contributed by atoms with Gasteiger partial charge in [0.1, 0.15) is 5.82 Å². The standard InChI is InChI=1S/C17H30N4/c1-2-7-15(14(6-1)16-8-3-4-10-18-16)19-11-5-9-17-20-12-13-21-17/h12-16,18-19H,1-11H2,(H,20,21). The molecular formula is C17H30N4. The van der Waals surface area contributed by atoms with Crippen LogP contribution in [0.25, 0.3) is 0 Å². The molecule has 1 saturated heterocycles. The molecule has 118 valence electrons. The SMILES string of the molecule is c1c[nH]c(CCCNC2CCCCC2C2CCCCN2)n1. The molecule has 0 aromatic carbocycles. The van der Waals surface area contributed by atoms with E-state index in [0.29, 0.717) is 0 Å². The van der Waals surface area contributed by atoms with Crippen molar-refractivity contribution < 1.29 is 0 Å². The van der Waals surface area contributed by atoms with E-state index in [2.05, 4.69) is 20.6 Å². The lowest BCUT2D eigenvalue weighted by atomic mass is 9.77. The number of hydrogen-bond acceptors (Lipinski definition) is 3. The fourth-order valence-electron chi connectivity index (χ4n) is 4.12. The molecule has 2 heterocycles. The van der Waals surface area contributed by atoms with Crippen molar-refractivity contribution in [1.82, 2.24) is 20.6 Å². The van der Waals surface area contributed by atoms with Crippen LogP contribution in [0.1, 0.15) is 57.2 Å². The maximum Gasteiger partial charge on any atom is 0.106 e. The maximum atomic E-state index is 4.30. The molecule has 1 aromatic rings. The molecule has 21 heavy (non-hydrogen) atoms. The molecule has 3 rings (SSSR count). The van der Waals surface area contributed by atoms with E-state index < -0.39 is 0 Å². The first-order chi connectivity index (χ1) is 10.4. The molecule has 0 amide bonds. The summed E-state index contributed by atoms with van der Waals surface area (Å²) in [6.45, 7) is 2.35. The molecule has 2 aliphatic rings. The minimum Gasteiger partial charge on any atom is -0.349 e. The smallest absolute Gasteiger partial charge is 0.106 e. The third kappa shape index (κ3) is 4.30. The summed E-state index contributed by atoms with van der Waals surface area (Å²) in [6.07, 6.45) is 15.7. The van der Waals surface area contributed by atoms with Gasteiger partial charge in [0.05, 0.1) is 0 Å². The molecule has 1 aliphatic carbocycles. The van der Waals surface area contributed by atoms with Crippen molar-refractivity contribution in [2.24, 2.45) is 5.92 Å². The highest BCUT2D eigenvalue weighted by Crippen LogP contribution is 2.30. The zero-order valence-corrected chi connectivity index (χ0v) is 13.1. The van der Waals surface area contributed by atoms with Crippen LogP contribution >= 0.6 is 0 Å². The molecular weight excluding hydrogens is 260 g/mol. The van der Waals surface area contributed by atoms with Crippen molar-refractivity contribution >= 4 is 0 Å². The first kappa shape index (κ1) is 15.0. The van der Waals surface area contributed by atoms with Crippen LogP contribution < -0.4 is 10.6 Å². The van der Waals surface area contributed by atoms with E-state index in [1.807, 2.05) is 12.4 Å². The summed E-state index contributed by atoms with van der Waals surface area (Å²) in [4.78, 5) is 7.48. The van der Waals surface area contributed by atoms with Gasteiger partial charge in [-0.3, -0.25) is 0 Å². The van der Waals surface area contributed by atoms with E-state index in [1.165, 1.54) is 57.9 Å². The van der Waals surface area contributed by atoms with Gasteiger partial charge in [-0.05, 0) is 51.1 Å². The van der Waals surface area contributed by atoms with Gasteiger partial charge in [-0.1, -0.05) is 19.3 Å². The van der Waals surface area contributed by atoms with Gasteiger partial charge in [-0.25, -0.2) is 4.98 Å². The molecule has 2 fully saturated rings. The molecule has 4 heteroatoms. The predicted molar refractivity (Wildman–Crippen MR) is 86.3 cm³/mol. The Hall–Kier alpha value is -0.870. The lowest BCUT2D eigenvalue weighted by Gasteiger charge is -2.40. The van der Waals surface area contributed by atoms with Crippen LogP contribution in [0.5, 0.6) is 0 Å². The number of imidazole rings is 1. The maximum absolute atomic E-state index is 4.30. The van der Waals surface area contributed by atoms with Gasteiger partial charge in [0, 0.05) is 30.9 Å². The number of rotatable bonds is 6. The molecule has 3 unspecified atom stereocenters. The topological polar surface area (TPSA) is 52.7 Å². The minimum absolute atomic E-state index is 0.728. The molecule has 3 N–H and O–H groups in total. The van der Waals surface area contributed by atoms with Crippen LogP contribution in [0.4, 0.5) is 0 Å². The number of piperidine rings is 1. The minimum atomic E-state index is 0.728. The number of aromatic nitrogens is 2. The van der Waals surface area contributed by atoms with E-state index in [4.69, 9.17) is 0 Å². The molecule has 1 aliphatic heterocycles. The third-order valence-corrected chi connectivity index (χ3v) is 5.24. The zero-order valence-electron chi connectivity index (χ0n) is 13.1. The van der Waals surface area contributed by atoms with Gasteiger partial charge in [0.2, 0.25) is 0 Å². The molecule has 1 aromatic heterocycles. The van der Waals surface area contributed by atoms with Gasteiger partial charge in [0.15, 0.2) is 0 Å².